The first-order chi connectivity index (χ1) is 13.1. The van der Waals surface area contributed by atoms with E-state index < -0.39 is 0 Å². The summed E-state index contributed by atoms with van der Waals surface area (Å²) in [6.07, 6.45) is 1.63. The van der Waals surface area contributed by atoms with E-state index in [-0.39, 0.29) is 5.91 Å². The number of hydrogen-bond acceptors (Lipinski definition) is 4. The maximum atomic E-state index is 12.5. The van der Waals surface area contributed by atoms with Gasteiger partial charge in [0.2, 0.25) is 0 Å². The molecular formula is C22H23N3O2. The second-order valence-corrected chi connectivity index (χ2v) is 6.33. The predicted molar refractivity (Wildman–Crippen MR) is 108 cm³/mol. The van der Waals surface area contributed by atoms with Crippen LogP contribution in [-0.2, 0) is 6.54 Å². The first-order valence-electron chi connectivity index (χ1n) is 8.77. The zero-order chi connectivity index (χ0) is 19.2. The molecule has 27 heavy (non-hydrogen) atoms. The molecule has 5 heteroatoms. The highest BCUT2D eigenvalue weighted by Gasteiger charge is 2.08. The fourth-order valence-corrected chi connectivity index (χ4v) is 2.69. The van der Waals surface area contributed by atoms with Crippen LogP contribution >= 0.6 is 0 Å². The second kappa shape index (κ2) is 8.36. The number of aromatic nitrogens is 1. The number of aryl methyl sites for hydroxylation is 1. The largest absolute Gasteiger partial charge is 0.497 e. The van der Waals surface area contributed by atoms with Crippen LogP contribution in [0.1, 0.15) is 27.0 Å². The van der Waals surface area contributed by atoms with E-state index in [1.165, 1.54) is 5.56 Å². The average molecular weight is 361 g/mol. The molecule has 0 atom stereocenters. The summed E-state index contributed by atoms with van der Waals surface area (Å²) >= 11 is 0. The van der Waals surface area contributed by atoms with Crippen molar-refractivity contribution < 1.29 is 9.53 Å². The summed E-state index contributed by atoms with van der Waals surface area (Å²) in [5.41, 5.74) is 4.92. The van der Waals surface area contributed by atoms with E-state index in [0.717, 1.165) is 22.6 Å². The van der Waals surface area contributed by atoms with Crippen molar-refractivity contribution >= 4 is 17.4 Å². The zero-order valence-electron chi connectivity index (χ0n) is 15.7. The Balaban J connectivity index is 1.67. The number of rotatable bonds is 6. The number of nitrogens with zero attached hydrogens (tertiary/aromatic N) is 1. The van der Waals surface area contributed by atoms with Gasteiger partial charge in [-0.25, -0.2) is 4.98 Å². The summed E-state index contributed by atoms with van der Waals surface area (Å²) in [5, 5.41) is 6.22. The van der Waals surface area contributed by atoms with Crippen LogP contribution in [0.4, 0.5) is 11.5 Å². The highest BCUT2D eigenvalue weighted by molar-refractivity contribution is 5.94. The first-order valence-corrected chi connectivity index (χ1v) is 8.77. The second-order valence-electron chi connectivity index (χ2n) is 6.33. The molecule has 5 nitrogen and oxygen atoms in total. The molecule has 0 bridgehead atoms. The Labute approximate surface area is 159 Å². The molecule has 3 rings (SSSR count). The van der Waals surface area contributed by atoms with Gasteiger partial charge in [0.1, 0.15) is 11.6 Å². The van der Waals surface area contributed by atoms with Crippen molar-refractivity contribution in [2.75, 3.05) is 12.4 Å². The Morgan fingerprint density at radius 3 is 2.59 bits per heavy atom. The lowest BCUT2D eigenvalue weighted by molar-refractivity contribution is 0.0951. The molecule has 0 spiro atoms. The number of carbonyl (C=O) groups is 1. The molecule has 0 aliphatic rings. The quantitative estimate of drug-likeness (QED) is 0.684. The molecule has 0 fully saturated rings. The van der Waals surface area contributed by atoms with Gasteiger partial charge in [-0.15, -0.1) is 0 Å². The van der Waals surface area contributed by atoms with Gasteiger partial charge in [-0.05, 0) is 60.9 Å². The van der Waals surface area contributed by atoms with Gasteiger partial charge >= 0.3 is 0 Å². The molecule has 0 unspecified atom stereocenters. The molecule has 0 saturated carbocycles. The van der Waals surface area contributed by atoms with Crippen LogP contribution in [0, 0.1) is 13.8 Å². The van der Waals surface area contributed by atoms with Crippen molar-refractivity contribution in [2.24, 2.45) is 0 Å². The van der Waals surface area contributed by atoms with E-state index in [1.807, 2.05) is 36.4 Å². The van der Waals surface area contributed by atoms with E-state index >= 15 is 0 Å². The number of carbonyl (C=O) groups excluding carboxylic acids is 1. The minimum atomic E-state index is -0.141. The molecule has 1 amide bonds. The predicted octanol–water partition coefficient (Wildman–Crippen LogP) is 4.38. The topological polar surface area (TPSA) is 63.2 Å². The smallest absolute Gasteiger partial charge is 0.251 e. The van der Waals surface area contributed by atoms with E-state index in [2.05, 4.69) is 35.5 Å². The van der Waals surface area contributed by atoms with Gasteiger partial charge in [-0.2, -0.15) is 0 Å². The molecule has 2 N–H and O–H groups in total. The van der Waals surface area contributed by atoms with E-state index in [4.69, 9.17) is 4.74 Å². The fourth-order valence-electron chi connectivity index (χ4n) is 2.69. The lowest BCUT2D eigenvalue weighted by Gasteiger charge is -2.12. The third-order valence-corrected chi connectivity index (χ3v) is 4.50. The van der Waals surface area contributed by atoms with E-state index in [0.29, 0.717) is 17.9 Å². The molecule has 0 aliphatic carbocycles. The lowest BCUT2D eigenvalue weighted by atomic mass is 10.1. The van der Waals surface area contributed by atoms with Crippen molar-refractivity contribution in [1.29, 1.82) is 0 Å². The number of ether oxygens (including phenoxy) is 1. The highest BCUT2D eigenvalue weighted by Crippen LogP contribution is 2.22. The van der Waals surface area contributed by atoms with Gasteiger partial charge in [0, 0.05) is 24.0 Å². The standard InChI is InChI=1S/C22H23N3O2/c1-15-5-4-6-20(16(15)2)25-21-13-18(11-12-23-21)22(26)24-14-17-7-9-19(27-3)10-8-17/h4-13H,14H2,1-3H3,(H,23,25)(H,24,26). The SMILES string of the molecule is COc1ccc(CNC(=O)c2ccnc(Nc3cccc(C)c3C)c2)cc1. The number of methoxy groups -OCH3 is 1. The lowest BCUT2D eigenvalue weighted by Crippen LogP contribution is -2.22. The molecule has 138 valence electrons. The molecule has 0 radical (unpaired) electrons. The number of benzene rings is 2. The summed E-state index contributed by atoms with van der Waals surface area (Å²) in [7, 11) is 1.63. The minimum Gasteiger partial charge on any atom is -0.497 e. The summed E-state index contributed by atoms with van der Waals surface area (Å²) in [4.78, 5) is 16.8. The maximum Gasteiger partial charge on any atom is 0.251 e. The molecule has 1 heterocycles. The Morgan fingerprint density at radius 2 is 1.85 bits per heavy atom. The summed E-state index contributed by atoms with van der Waals surface area (Å²) in [6.45, 7) is 4.57. The maximum absolute atomic E-state index is 12.5. The number of amides is 1. The van der Waals surface area contributed by atoms with Crippen molar-refractivity contribution in [2.45, 2.75) is 20.4 Å². The third kappa shape index (κ3) is 4.64. The normalized spacial score (nSPS) is 10.3. The van der Waals surface area contributed by atoms with Gasteiger partial charge in [-0.3, -0.25) is 4.79 Å². The highest BCUT2D eigenvalue weighted by atomic mass is 16.5. The summed E-state index contributed by atoms with van der Waals surface area (Å²) in [6, 6.07) is 17.1. The van der Waals surface area contributed by atoms with Gasteiger partial charge in [0.15, 0.2) is 0 Å². The Bertz CT molecular complexity index is 937. The van der Waals surface area contributed by atoms with Crippen molar-refractivity contribution in [3.63, 3.8) is 0 Å². The van der Waals surface area contributed by atoms with Crippen LogP contribution < -0.4 is 15.4 Å². The molecule has 2 aromatic carbocycles. The van der Waals surface area contributed by atoms with E-state index in [9.17, 15) is 4.79 Å². The molecule has 0 saturated heterocycles. The molecular weight excluding hydrogens is 338 g/mol. The zero-order valence-corrected chi connectivity index (χ0v) is 15.7. The first kappa shape index (κ1) is 18.5. The minimum absolute atomic E-state index is 0.141. The molecule has 1 aromatic heterocycles. The summed E-state index contributed by atoms with van der Waals surface area (Å²) < 4.78 is 5.14. The number of pyridine rings is 1. The molecule has 3 aromatic rings. The number of anilines is 2. The average Bonchev–Trinajstić information content (AvgIpc) is 2.70. The summed E-state index contributed by atoms with van der Waals surface area (Å²) in [5.74, 6) is 1.29. The van der Waals surface area contributed by atoms with Crippen LogP contribution in [0.2, 0.25) is 0 Å². The Kier molecular flexibility index (Phi) is 5.71. The third-order valence-electron chi connectivity index (χ3n) is 4.50. The van der Waals surface area contributed by atoms with Crippen molar-refractivity contribution in [3.8, 4) is 5.75 Å². The number of hydrogen-bond donors (Lipinski definition) is 2. The van der Waals surface area contributed by atoms with Crippen LogP contribution in [0.25, 0.3) is 0 Å². The van der Waals surface area contributed by atoms with Crippen LogP contribution in [0.5, 0.6) is 5.75 Å². The monoisotopic (exact) mass is 361 g/mol. The van der Waals surface area contributed by atoms with Crippen LogP contribution in [0.3, 0.4) is 0 Å². The van der Waals surface area contributed by atoms with Crippen molar-refractivity contribution in [3.05, 3.63) is 83.0 Å². The molecule has 0 aliphatic heterocycles. The Hall–Kier alpha value is -3.34. The van der Waals surface area contributed by atoms with Crippen LogP contribution in [-0.4, -0.2) is 18.0 Å². The fraction of sp³-hybridized carbons (Fsp3) is 0.182. The number of nitrogens with one attached hydrogen (secondary N) is 2. The van der Waals surface area contributed by atoms with Gasteiger partial charge in [0.05, 0.1) is 7.11 Å². The van der Waals surface area contributed by atoms with Gasteiger partial charge in [0.25, 0.3) is 5.91 Å². The van der Waals surface area contributed by atoms with Crippen molar-refractivity contribution in [1.82, 2.24) is 10.3 Å². The Morgan fingerprint density at radius 1 is 1.07 bits per heavy atom. The van der Waals surface area contributed by atoms with Crippen LogP contribution in [0.15, 0.2) is 60.8 Å². The van der Waals surface area contributed by atoms with E-state index in [1.54, 1.807) is 25.4 Å². The van der Waals surface area contributed by atoms with Gasteiger partial charge in [-0.1, -0.05) is 24.3 Å². The van der Waals surface area contributed by atoms with Gasteiger partial charge < -0.3 is 15.4 Å².